The van der Waals surface area contributed by atoms with E-state index in [0.29, 0.717) is 19.6 Å². The van der Waals surface area contributed by atoms with Gasteiger partial charge in [-0.1, -0.05) is 48.5 Å². The van der Waals surface area contributed by atoms with E-state index in [1.165, 1.54) is 0 Å². The number of nitrogens with zero attached hydrogens (tertiary/aromatic N) is 4. The van der Waals surface area contributed by atoms with Gasteiger partial charge in [-0.15, -0.1) is 0 Å². The molecule has 6 nitrogen and oxygen atoms in total. The van der Waals surface area contributed by atoms with Crippen LogP contribution in [0.2, 0.25) is 0 Å². The molecular formula is C25H32N4O2. The van der Waals surface area contributed by atoms with Crippen molar-refractivity contribution in [2.24, 2.45) is 0 Å². The molecule has 0 bridgehead atoms. The fraction of sp³-hybridized carbons (Fsp3) is 0.440. The summed E-state index contributed by atoms with van der Waals surface area (Å²) in [7, 11) is 0. The predicted molar refractivity (Wildman–Crippen MR) is 123 cm³/mol. The molecule has 6 heteroatoms. The molecule has 0 aliphatic carbocycles. The normalized spacial score (nSPS) is 17.6. The van der Waals surface area contributed by atoms with Gasteiger partial charge in [0.2, 0.25) is 11.8 Å². The number of hydrogen-bond acceptors (Lipinski definition) is 4. The highest BCUT2D eigenvalue weighted by Gasteiger charge is 2.25. The van der Waals surface area contributed by atoms with Crippen molar-refractivity contribution in [1.82, 2.24) is 14.7 Å². The van der Waals surface area contributed by atoms with Gasteiger partial charge in [0.1, 0.15) is 0 Å². The quantitative estimate of drug-likeness (QED) is 0.690. The Hall–Kier alpha value is -2.70. The second-order valence-electron chi connectivity index (χ2n) is 8.44. The molecule has 2 aromatic rings. The molecule has 2 amide bonds. The Morgan fingerprint density at radius 2 is 1.26 bits per heavy atom. The van der Waals surface area contributed by atoms with Crippen LogP contribution in [0.4, 0.5) is 5.69 Å². The van der Waals surface area contributed by atoms with Crippen molar-refractivity contribution in [2.45, 2.75) is 19.4 Å². The summed E-state index contributed by atoms with van der Waals surface area (Å²) in [6.45, 7) is 6.57. The number of carbonyl (C=O) groups excluding carboxylic acids is 2. The van der Waals surface area contributed by atoms with Crippen molar-refractivity contribution < 1.29 is 9.59 Å². The van der Waals surface area contributed by atoms with Crippen LogP contribution in [0, 0.1) is 0 Å². The summed E-state index contributed by atoms with van der Waals surface area (Å²) in [6.07, 6.45) is 2.26. The molecule has 31 heavy (non-hydrogen) atoms. The highest BCUT2D eigenvalue weighted by Crippen LogP contribution is 2.18. The van der Waals surface area contributed by atoms with Gasteiger partial charge in [-0.05, 0) is 30.5 Å². The van der Waals surface area contributed by atoms with Crippen molar-refractivity contribution in [3.05, 3.63) is 66.2 Å². The zero-order valence-corrected chi connectivity index (χ0v) is 18.2. The monoisotopic (exact) mass is 420 g/mol. The molecule has 2 heterocycles. The van der Waals surface area contributed by atoms with Crippen molar-refractivity contribution in [1.29, 1.82) is 0 Å². The fourth-order valence-electron chi connectivity index (χ4n) is 4.34. The van der Waals surface area contributed by atoms with E-state index >= 15 is 0 Å². The SMILES string of the molecule is O=C(CN1CCN(CC(=O)N(Cc2ccccc2)c2ccccc2)CC1)N1CCCC1. The molecular weight excluding hydrogens is 388 g/mol. The van der Waals surface area contributed by atoms with Crippen LogP contribution in [0.15, 0.2) is 60.7 Å². The van der Waals surface area contributed by atoms with Gasteiger partial charge in [0.25, 0.3) is 0 Å². The Morgan fingerprint density at radius 1 is 0.710 bits per heavy atom. The van der Waals surface area contributed by atoms with Crippen LogP contribution in [-0.4, -0.2) is 78.9 Å². The summed E-state index contributed by atoms with van der Waals surface area (Å²) in [5.41, 5.74) is 2.04. The summed E-state index contributed by atoms with van der Waals surface area (Å²) in [5, 5.41) is 0. The Kier molecular flexibility index (Phi) is 7.33. The average Bonchev–Trinajstić information content (AvgIpc) is 3.35. The second kappa shape index (κ2) is 10.6. The van der Waals surface area contributed by atoms with Crippen LogP contribution < -0.4 is 4.90 Å². The fourth-order valence-corrected chi connectivity index (χ4v) is 4.34. The van der Waals surface area contributed by atoms with Crippen molar-refractivity contribution >= 4 is 17.5 Å². The van der Waals surface area contributed by atoms with Crippen LogP contribution in [0.5, 0.6) is 0 Å². The van der Waals surface area contributed by atoms with Crippen LogP contribution in [0.25, 0.3) is 0 Å². The van der Waals surface area contributed by atoms with Gasteiger partial charge in [-0.3, -0.25) is 19.4 Å². The maximum absolute atomic E-state index is 13.3. The highest BCUT2D eigenvalue weighted by atomic mass is 16.2. The summed E-state index contributed by atoms with van der Waals surface area (Å²) in [6, 6.07) is 20.0. The van der Waals surface area contributed by atoms with E-state index in [9.17, 15) is 9.59 Å². The Morgan fingerprint density at radius 3 is 1.87 bits per heavy atom. The van der Waals surface area contributed by atoms with E-state index in [1.54, 1.807) is 0 Å². The van der Waals surface area contributed by atoms with Crippen LogP contribution >= 0.6 is 0 Å². The van der Waals surface area contributed by atoms with Gasteiger partial charge < -0.3 is 9.80 Å². The highest BCUT2D eigenvalue weighted by molar-refractivity contribution is 5.94. The molecule has 2 aliphatic rings. The molecule has 0 saturated carbocycles. The number of rotatable bonds is 7. The minimum atomic E-state index is 0.108. The smallest absolute Gasteiger partial charge is 0.241 e. The molecule has 164 valence electrons. The summed E-state index contributed by atoms with van der Waals surface area (Å²) < 4.78 is 0. The van der Waals surface area contributed by atoms with Gasteiger partial charge in [-0.2, -0.15) is 0 Å². The third kappa shape index (κ3) is 5.93. The number of anilines is 1. The standard InChI is InChI=1S/C25H32N4O2/c30-24(28-13-7-8-14-28)20-26-15-17-27(18-16-26)21-25(31)29(23-11-5-2-6-12-23)19-22-9-3-1-4-10-22/h1-6,9-12H,7-8,13-21H2. The van der Waals surface area contributed by atoms with E-state index < -0.39 is 0 Å². The lowest BCUT2D eigenvalue weighted by atomic mass is 10.2. The topological polar surface area (TPSA) is 47.1 Å². The zero-order valence-electron chi connectivity index (χ0n) is 18.2. The summed E-state index contributed by atoms with van der Waals surface area (Å²) in [5.74, 6) is 0.358. The first kappa shape index (κ1) is 21.5. The minimum absolute atomic E-state index is 0.108. The minimum Gasteiger partial charge on any atom is -0.342 e. The molecule has 0 radical (unpaired) electrons. The molecule has 0 unspecified atom stereocenters. The van der Waals surface area contributed by atoms with E-state index in [2.05, 4.69) is 21.9 Å². The molecule has 4 rings (SSSR count). The first-order valence-corrected chi connectivity index (χ1v) is 11.3. The van der Waals surface area contributed by atoms with Crippen LogP contribution in [0.1, 0.15) is 18.4 Å². The molecule has 2 aromatic carbocycles. The lowest BCUT2D eigenvalue weighted by molar-refractivity contribution is -0.132. The Labute approximate surface area is 185 Å². The molecule has 2 aliphatic heterocycles. The van der Waals surface area contributed by atoms with Gasteiger partial charge in [0.05, 0.1) is 19.6 Å². The molecule has 0 aromatic heterocycles. The number of piperazine rings is 1. The van der Waals surface area contributed by atoms with Gasteiger partial charge in [-0.25, -0.2) is 0 Å². The van der Waals surface area contributed by atoms with Crippen molar-refractivity contribution in [3.8, 4) is 0 Å². The predicted octanol–water partition coefficient (Wildman–Crippen LogP) is 2.46. The number of amides is 2. The number of likely N-dealkylation sites (tertiary alicyclic amines) is 1. The molecule has 2 fully saturated rings. The average molecular weight is 421 g/mol. The van der Waals surface area contributed by atoms with E-state index in [0.717, 1.165) is 63.4 Å². The molecule has 0 N–H and O–H groups in total. The van der Waals surface area contributed by atoms with E-state index in [4.69, 9.17) is 0 Å². The number of para-hydroxylation sites is 1. The number of benzene rings is 2. The zero-order chi connectivity index (χ0) is 21.5. The number of hydrogen-bond donors (Lipinski definition) is 0. The molecule has 0 spiro atoms. The maximum Gasteiger partial charge on any atom is 0.241 e. The van der Waals surface area contributed by atoms with Gasteiger partial charge in [0.15, 0.2) is 0 Å². The maximum atomic E-state index is 13.3. The Balaban J connectivity index is 1.32. The number of carbonyl (C=O) groups is 2. The first-order chi connectivity index (χ1) is 15.2. The van der Waals surface area contributed by atoms with E-state index in [-0.39, 0.29) is 11.8 Å². The summed E-state index contributed by atoms with van der Waals surface area (Å²) in [4.78, 5) is 34.0. The van der Waals surface area contributed by atoms with Gasteiger partial charge >= 0.3 is 0 Å². The van der Waals surface area contributed by atoms with Gasteiger partial charge in [0, 0.05) is 45.0 Å². The van der Waals surface area contributed by atoms with Crippen molar-refractivity contribution in [3.63, 3.8) is 0 Å². The third-order valence-corrected chi connectivity index (χ3v) is 6.19. The summed E-state index contributed by atoms with van der Waals surface area (Å²) >= 11 is 0. The van der Waals surface area contributed by atoms with Crippen molar-refractivity contribution in [2.75, 3.05) is 57.3 Å². The second-order valence-corrected chi connectivity index (χ2v) is 8.44. The lowest BCUT2D eigenvalue weighted by Crippen LogP contribution is -2.52. The third-order valence-electron chi connectivity index (χ3n) is 6.19. The Bertz CT molecular complexity index is 844. The first-order valence-electron chi connectivity index (χ1n) is 11.3. The lowest BCUT2D eigenvalue weighted by Gasteiger charge is -2.35. The largest absolute Gasteiger partial charge is 0.342 e. The molecule has 2 saturated heterocycles. The van der Waals surface area contributed by atoms with Crippen LogP contribution in [-0.2, 0) is 16.1 Å². The van der Waals surface area contributed by atoms with Crippen LogP contribution in [0.3, 0.4) is 0 Å². The van der Waals surface area contributed by atoms with E-state index in [1.807, 2.05) is 58.3 Å². The molecule has 0 atom stereocenters.